The first-order valence-electron chi connectivity index (χ1n) is 13.1. The molecule has 2 aromatic carbocycles. The Hall–Kier alpha value is -3.79. The van der Waals surface area contributed by atoms with E-state index in [2.05, 4.69) is 15.5 Å². The summed E-state index contributed by atoms with van der Waals surface area (Å²) in [6.07, 6.45) is 1.43. The van der Waals surface area contributed by atoms with E-state index >= 15 is 0 Å². The maximum Gasteiger partial charge on any atom is 0.411 e. The van der Waals surface area contributed by atoms with Crippen molar-refractivity contribution in [2.75, 3.05) is 76.8 Å². The minimum absolute atomic E-state index is 0.0562. The maximum atomic E-state index is 13.2. The van der Waals surface area contributed by atoms with Gasteiger partial charge >= 0.3 is 6.09 Å². The Morgan fingerprint density at radius 1 is 0.868 bits per heavy atom. The molecule has 0 radical (unpaired) electrons. The zero-order valence-electron chi connectivity index (χ0n) is 22.2. The molecule has 0 aliphatic carbocycles. The standard InChI is InChI=1S/C28H37N5O5/c1-37-23-8-5-21(6-9-23)19-26(34)32-15-4-14-31(17-18-32)25-10-7-22(20-24(25)30-28(36)38-2)27(35)33-13-3-11-29-12-16-33/h5-10,20,29H,3-4,11-19H2,1-2H3,(H,30,36). The predicted octanol–water partition coefficient (Wildman–Crippen LogP) is 2.59. The second-order valence-electron chi connectivity index (χ2n) is 9.49. The van der Waals surface area contributed by atoms with Gasteiger partial charge in [0.2, 0.25) is 5.91 Å². The molecular formula is C28H37N5O5. The third kappa shape index (κ3) is 6.95. The zero-order valence-corrected chi connectivity index (χ0v) is 22.2. The molecule has 10 nitrogen and oxygen atoms in total. The van der Waals surface area contributed by atoms with E-state index in [0.717, 1.165) is 42.9 Å². The first kappa shape index (κ1) is 27.3. The lowest BCUT2D eigenvalue weighted by Gasteiger charge is -2.27. The van der Waals surface area contributed by atoms with Crippen LogP contribution < -0.4 is 20.3 Å². The third-order valence-corrected chi connectivity index (χ3v) is 7.00. The largest absolute Gasteiger partial charge is 0.497 e. The molecule has 3 amide bonds. The highest BCUT2D eigenvalue weighted by Gasteiger charge is 2.24. The number of hydrogen-bond acceptors (Lipinski definition) is 7. The van der Waals surface area contributed by atoms with Crippen LogP contribution in [0.3, 0.4) is 0 Å². The number of rotatable bonds is 6. The summed E-state index contributed by atoms with van der Waals surface area (Å²) in [6.45, 7) is 5.54. The molecule has 10 heteroatoms. The fourth-order valence-electron chi connectivity index (χ4n) is 4.87. The highest BCUT2D eigenvalue weighted by Crippen LogP contribution is 2.29. The number of anilines is 2. The highest BCUT2D eigenvalue weighted by molar-refractivity contribution is 5.98. The lowest BCUT2D eigenvalue weighted by Crippen LogP contribution is -2.36. The Morgan fingerprint density at radius 2 is 1.66 bits per heavy atom. The fraction of sp³-hybridized carbons (Fsp3) is 0.464. The molecule has 0 unspecified atom stereocenters. The van der Waals surface area contributed by atoms with Crippen LogP contribution >= 0.6 is 0 Å². The fourth-order valence-corrected chi connectivity index (χ4v) is 4.87. The number of nitrogens with zero attached hydrogens (tertiary/aromatic N) is 3. The number of benzene rings is 2. The number of methoxy groups -OCH3 is 2. The van der Waals surface area contributed by atoms with Crippen LogP contribution in [-0.4, -0.2) is 94.3 Å². The summed E-state index contributed by atoms with van der Waals surface area (Å²) in [7, 11) is 2.93. The molecule has 2 saturated heterocycles. The average molecular weight is 524 g/mol. The summed E-state index contributed by atoms with van der Waals surface area (Å²) in [4.78, 5) is 44.3. The van der Waals surface area contributed by atoms with Crippen LogP contribution in [0.25, 0.3) is 0 Å². The number of carbonyl (C=O) groups excluding carboxylic acids is 3. The van der Waals surface area contributed by atoms with Crippen LogP contribution in [0.5, 0.6) is 5.75 Å². The maximum absolute atomic E-state index is 13.2. The minimum atomic E-state index is -0.596. The van der Waals surface area contributed by atoms with Crippen molar-refractivity contribution in [1.82, 2.24) is 15.1 Å². The molecule has 0 atom stereocenters. The molecule has 38 heavy (non-hydrogen) atoms. The van der Waals surface area contributed by atoms with E-state index < -0.39 is 6.09 Å². The van der Waals surface area contributed by atoms with Gasteiger partial charge in [-0.15, -0.1) is 0 Å². The molecule has 2 aromatic rings. The van der Waals surface area contributed by atoms with Crippen molar-refractivity contribution in [2.45, 2.75) is 19.3 Å². The molecule has 0 aromatic heterocycles. The number of hydrogen-bond donors (Lipinski definition) is 2. The van der Waals surface area contributed by atoms with E-state index in [9.17, 15) is 14.4 Å². The Balaban J connectivity index is 1.46. The number of nitrogens with one attached hydrogen (secondary N) is 2. The van der Waals surface area contributed by atoms with Gasteiger partial charge in [0.25, 0.3) is 5.91 Å². The van der Waals surface area contributed by atoms with Crippen LogP contribution in [-0.2, 0) is 16.0 Å². The molecule has 0 bridgehead atoms. The van der Waals surface area contributed by atoms with Crippen molar-refractivity contribution in [3.63, 3.8) is 0 Å². The number of ether oxygens (including phenoxy) is 2. The van der Waals surface area contributed by atoms with Gasteiger partial charge in [-0.05, 0) is 55.3 Å². The molecule has 204 valence electrons. The summed E-state index contributed by atoms with van der Waals surface area (Å²) in [5.41, 5.74) is 2.79. The summed E-state index contributed by atoms with van der Waals surface area (Å²) in [5, 5.41) is 6.10. The first-order valence-corrected chi connectivity index (χ1v) is 13.1. The Morgan fingerprint density at radius 3 is 2.42 bits per heavy atom. The van der Waals surface area contributed by atoms with Crippen molar-refractivity contribution in [3.05, 3.63) is 53.6 Å². The molecule has 4 rings (SSSR count). The van der Waals surface area contributed by atoms with Crippen molar-refractivity contribution in [2.24, 2.45) is 0 Å². The van der Waals surface area contributed by atoms with Crippen LogP contribution in [0.1, 0.15) is 28.8 Å². The monoisotopic (exact) mass is 523 g/mol. The van der Waals surface area contributed by atoms with Gasteiger partial charge < -0.3 is 29.5 Å². The molecular weight excluding hydrogens is 486 g/mol. The van der Waals surface area contributed by atoms with Gasteiger partial charge in [0.05, 0.1) is 32.0 Å². The number of carbonyl (C=O) groups is 3. The van der Waals surface area contributed by atoms with E-state index in [1.165, 1.54) is 7.11 Å². The molecule has 2 N–H and O–H groups in total. The van der Waals surface area contributed by atoms with Gasteiger partial charge in [0, 0.05) is 51.4 Å². The minimum Gasteiger partial charge on any atom is -0.497 e. The topological polar surface area (TPSA) is 103 Å². The normalized spacial score (nSPS) is 16.3. The van der Waals surface area contributed by atoms with Gasteiger partial charge in [-0.3, -0.25) is 14.9 Å². The Kier molecular flexibility index (Phi) is 9.42. The lowest BCUT2D eigenvalue weighted by molar-refractivity contribution is -0.130. The van der Waals surface area contributed by atoms with Crippen molar-refractivity contribution in [1.29, 1.82) is 0 Å². The molecule has 2 heterocycles. The summed E-state index contributed by atoms with van der Waals surface area (Å²) < 4.78 is 10.0. The van der Waals surface area contributed by atoms with E-state index in [0.29, 0.717) is 56.9 Å². The van der Waals surface area contributed by atoms with Crippen LogP contribution in [0.2, 0.25) is 0 Å². The Labute approximate surface area is 223 Å². The van der Waals surface area contributed by atoms with E-state index in [1.807, 2.05) is 46.2 Å². The van der Waals surface area contributed by atoms with E-state index in [-0.39, 0.29) is 11.8 Å². The van der Waals surface area contributed by atoms with Gasteiger partial charge in [-0.25, -0.2) is 4.79 Å². The first-order chi connectivity index (χ1) is 18.5. The van der Waals surface area contributed by atoms with Crippen LogP contribution in [0, 0.1) is 0 Å². The quantitative estimate of drug-likeness (QED) is 0.600. The molecule has 2 aliphatic rings. The van der Waals surface area contributed by atoms with Crippen LogP contribution in [0.15, 0.2) is 42.5 Å². The van der Waals surface area contributed by atoms with Crippen molar-refractivity contribution in [3.8, 4) is 5.75 Å². The summed E-state index contributed by atoms with van der Waals surface area (Å²) >= 11 is 0. The average Bonchev–Trinajstić information content (AvgIpc) is 3.37. The SMILES string of the molecule is COC(=O)Nc1cc(C(=O)N2CCCNCC2)ccc1N1CCCN(C(=O)Cc2ccc(OC)cc2)CC1. The molecule has 2 aliphatic heterocycles. The predicted molar refractivity (Wildman–Crippen MR) is 146 cm³/mol. The van der Waals surface area contributed by atoms with E-state index in [4.69, 9.17) is 9.47 Å². The van der Waals surface area contributed by atoms with Crippen molar-refractivity contribution >= 4 is 29.3 Å². The van der Waals surface area contributed by atoms with Gasteiger partial charge in [-0.1, -0.05) is 12.1 Å². The highest BCUT2D eigenvalue weighted by atomic mass is 16.5. The third-order valence-electron chi connectivity index (χ3n) is 7.00. The van der Waals surface area contributed by atoms with E-state index in [1.54, 1.807) is 13.2 Å². The van der Waals surface area contributed by atoms with Crippen LogP contribution in [0.4, 0.5) is 16.2 Å². The van der Waals surface area contributed by atoms with Crippen molar-refractivity contribution < 1.29 is 23.9 Å². The summed E-state index contributed by atoms with van der Waals surface area (Å²) in [6, 6.07) is 13.0. The zero-order chi connectivity index (χ0) is 26.9. The second kappa shape index (κ2) is 13.1. The second-order valence-corrected chi connectivity index (χ2v) is 9.49. The molecule has 2 fully saturated rings. The van der Waals surface area contributed by atoms with Gasteiger partial charge in [0.15, 0.2) is 0 Å². The van der Waals surface area contributed by atoms with Gasteiger partial charge in [-0.2, -0.15) is 0 Å². The number of amides is 3. The van der Waals surface area contributed by atoms with Gasteiger partial charge in [0.1, 0.15) is 5.75 Å². The lowest BCUT2D eigenvalue weighted by atomic mass is 10.1. The summed E-state index contributed by atoms with van der Waals surface area (Å²) in [5.74, 6) is 0.788. The molecule has 0 saturated carbocycles. The Bertz CT molecular complexity index is 1120. The molecule has 0 spiro atoms. The smallest absolute Gasteiger partial charge is 0.411 e.